The highest BCUT2D eigenvalue weighted by molar-refractivity contribution is 9.11. The summed E-state index contributed by atoms with van der Waals surface area (Å²) in [6, 6.07) is 10.7. The third kappa shape index (κ3) is 5.37. The molecule has 0 aliphatic carbocycles. The predicted molar refractivity (Wildman–Crippen MR) is 117 cm³/mol. The zero-order valence-corrected chi connectivity index (χ0v) is 18.0. The molecule has 0 atom stereocenters. The van der Waals surface area contributed by atoms with Gasteiger partial charge in [-0.2, -0.15) is 0 Å². The average molecular weight is 461 g/mol. The second-order valence-electron chi connectivity index (χ2n) is 6.56. The van der Waals surface area contributed by atoms with Gasteiger partial charge in [-0.05, 0) is 79.4 Å². The van der Waals surface area contributed by atoms with Gasteiger partial charge in [-0.25, -0.2) is 9.97 Å². The highest BCUT2D eigenvalue weighted by Crippen LogP contribution is 2.31. The summed E-state index contributed by atoms with van der Waals surface area (Å²) in [5, 5.41) is 13.2. The summed E-state index contributed by atoms with van der Waals surface area (Å²) >= 11 is 5.05. The van der Waals surface area contributed by atoms with E-state index in [1.54, 1.807) is 29.7 Å². The van der Waals surface area contributed by atoms with Gasteiger partial charge in [-0.1, -0.05) is 0 Å². The molecule has 2 aromatic heterocycles. The molecular formula is C20H21BrN4O2S. The Morgan fingerprint density at radius 2 is 2.07 bits per heavy atom. The van der Waals surface area contributed by atoms with Crippen molar-refractivity contribution in [1.29, 1.82) is 0 Å². The van der Waals surface area contributed by atoms with Gasteiger partial charge in [0, 0.05) is 18.3 Å². The molecule has 0 spiro atoms. The molecule has 28 heavy (non-hydrogen) atoms. The van der Waals surface area contributed by atoms with E-state index < -0.39 is 0 Å². The van der Waals surface area contributed by atoms with Crippen molar-refractivity contribution in [2.24, 2.45) is 0 Å². The summed E-state index contributed by atoms with van der Waals surface area (Å²) < 4.78 is 1.03. The largest absolute Gasteiger partial charge is 0.507 e. The number of halogens is 1. The van der Waals surface area contributed by atoms with Crippen LogP contribution in [0.1, 0.15) is 23.2 Å². The molecule has 146 valence electrons. The standard InChI is InChI=1S/C20H21BrN4O2S/c1-25(2)11-3-4-16(26)14-12-13(5-6-17(14)27)23-20-22-10-9-15(24-20)18-7-8-19(21)28-18/h5-10,12,27H,3-4,11H2,1-2H3,(H,22,23,24). The van der Waals surface area contributed by atoms with Crippen LogP contribution in [0.2, 0.25) is 0 Å². The van der Waals surface area contributed by atoms with Gasteiger partial charge in [0.1, 0.15) is 5.75 Å². The van der Waals surface area contributed by atoms with Crippen molar-refractivity contribution in [2.75, 3.05) is 26.0 Å². The first-order chi connectivity index (χ1) is 13.4. The number of ketones is 1. The van der Waals surface area contributed by atoms with E-state index in [2.05, 4.69) is 31.2 Å². The Morgan fingerprint density at radius 1 is 1.25 bits per heavy atom. The normalized spacial score (nSPS) is 11.0. The Bertz CT molecular complexity index is 974. The number of thiophene rings is 1. The second-order valence-corrected chi connectivity index (χ2v) is 9.02. The van der Waals surface area contributed by atoms with Crippen molar-refractivity contribution in [3.8, 4) is 16.3 Å². The highest BCUT2D eigenvalue weighted by atomic mass is 79.9. The molecule has 0 radical (unpaired) electrons. The van der Waals surface area contributed by atoms with E-state index in [-0.39, 0.29) is 11.5 Å². The maximum absolute atomic E-state index is 12.5. The van der Waals surface area contributed by atoms with E-state index in [9.17, 15) is 9.90 Å². The summed E-state index contributed by atoms with van der Waals surface area (Å²) in [4.78, 5) is 24.3. The lowest BCUT2D eigenvalue weighted by atomic mass is 10.0. The van der Waals surface area contributed by atoms with Crippen molar-refractivity contribution in [2.45, 2.75) is 12.8 Å². The van der Waals surface area contributed by atoms with Crippen LogP contribution in [0.15, 0.2) is 46.4 Å². The van der Waals surface area contributed by atoms with E-state index in [1.165, 1.54) is 6.07 Å². The molecule has 8 heteroatoms. The summed E-state index contributed by atoms with van der Waals surface area (Å²) in [6.45, 7) is 0.823. The number of phenols is 1. The molecule has 0 aliphatic heterocycles. The van der Waals surface area contributed by atoms with Crippen LogP contribution < -0.4 is 5.32 Å². The van der Waals surface area contributed by atoms with Gasteiger partial charge >= 0.3 is 0 Å². The molecule has 1 aromatic carbocycles. The average Bonchev–Trinajstić information content (AvgIpc) is 3.09. The van der Waals surface area contributed by atoms with E-state index in [0.29, 0.717) is 23.6 Å². The summed E-state index contributed by atoms with van der Waals surface area (Å²) in [6.07, 6.45) is 2.81. The third-order valence-corrected chi connectivity index (χ3v) is 5.69. The fourth-order valence-electron chi connectivity index (χ4n) is 2.66. The minimum absolute atomic E-state index is 0.0153. The van der Waals surface area contributed by atoms with Crippen molar-refractivity contribution < 1.29 is 9.90 Å². The Labute approximate surface area is 176 Å². The molecule has 2 N–H and O–H groups in total. The molecule has 0 amide bonds. The molecule has 0 aliphatic rings. The number of anilines is 2. The van der Waals surface area contributed by atoms with Crippen LogP contribution in [0.3, 0.4) is 0 Å². The van der Waals surface area contributed by atoms with Gasteiger partial charge in [0.05, 0.1) is 19.9 Å². The lowest BCUT2D eigenvalue weighted by Crippen LogP contribution is -2.14. The number of hydrogen-bond acceptors (Lipinski definition) is 7. The Morgan fingerprint density at radius 3 is 2.79 bits per heavy atom. The number of carbonyl (C=O) groups excluding carboxylic acids is 1. The van der Waals surface area contributed by atoms with Crippen molar-refractivity contribution in [3.63, 3.8) is 0 Å². The molecule has 0 saturated heterocycles. The first-order valence-corrected chi connectivity index (χ1v) is 10.4. The fraction of sp³-hybridized carbons (Fsp3) is 0.250. The molecule has 6 nitrogen and oxygen atoms in total. The van der Waals surface area contributed by atoms with E-state index >= 15 is 0 Å². The van der Waals surface area contributed by atoms with Gasteiger partial charge in [0.15, 0.2) is 5.78 Å². The maximum atomic E-state index is 12.5. The molecule has 3 rings (SSSR count). The van der Waals surface area contributed by atoms with Crippen molar-refractivity contribution >= 4 is 44.7 Å². The van der Waals surface area contributed by atoms with Gasteiger partial charge in [0.25, 0.3) is 0 Å². The highest BCUT2D eigenvalue weighted by Gasteiger charge is 2.13. The van der Waals surface area contributed by atoms with Crippen molar-refractivity contribution in [3.05, 3.63) is 51.9 Å². The smallest absolute Gasteiger partial charge is 0.227 e. The van der Waals surface area contributed by atoms with Crippen LogP contribution in [0, 0.1) is 0 Å². The van der Waals surface area contributed by atoms with E-state index in [0.717, 1.165) is 27.3 Å². The summed E-state index contributed by atoms with van der Waals surface area (Å²) in [7, 11) is 3.94. The van der Waals surface area contributed by atoms with Crippen molar-refractivity contribution in [1.82, 2.24) is 14.9 Å². The number of benzene rings is 1. The number of aromatic nitrogens is 2. The third-order valence-electron chi connectivity index (χ3n) is 4.04. The van der Waals surface area contributed by atoms with E-state index in [4.69, 9.17) is 0 Å². The lowest BCUT2D eigenvalue weighted by Gasteiger charge is -2.11. The van der Waals surface area contributed by atoms with Crippen LogP contribution in [-0.2, 0) is 0 Å². The monoisotopic (exact) mass is 460 g/mol. The summed E-state index contributed by atoms with van der Waals surface area (Å²) in [5.41, 5.74) is 1.77. The van der Waals surface area contributed by atoms with Crippen LogP contribution >= 0.6 is 27.3 Å². The second kappa shape index (κ2) is 9.27. The van der Waals surface area contributed by atoms with E-state index in [1.807, 2.05) is 37.2 Å². The van der Waals surface area contributed by atoms with Gasteiger partial charge in [0.2, 0.25) is 5.95 Å². The number of hydrogen-bond donors (Lipinski definition) is 2. The Balaban J connectivity index is 1.75. The van der Waals surface area contributed by atoms with Gasteiger partial charge < -0.3 is 15.3 Å². The number of Topliss-reactive ketones (excluding diaryl/α,β-unsaturated/α-hetero) is 1. The Kier molecular flexibility index (Phi) is 6.77. The molecule has 0 bridgehead atoms. The molecule has 2 heterocycles. The zero-order valence-electron chi connectivity index (χ0n) is 15.6. The van der Waals surface area contributed by atoms with Gasteiger partial charge in [-0.15, -0.1) is 11.3 Å². The number of rotatable bonds is 8. The first-order valence-electron chi connectivity index (χ1n) is 8.79. The zero-order chi connectivity index (χ0) is 20.1. The Hall–Kier alpha value is -2.29. The van der Waals surface area contributed by atoms with Crippen LogP contribution in [-0.4, -0.2) is 46.4 Å². The molecule has 0 unspecified atom stereocenters. The summed E-state index contributed by atoms with van der Waals surface area (Å²) in [5.74, 6) is 0.332. The fourth-order valence-corrected chi connectivity index (χ4v) is 4.02. The van der Waals surface area contributed by atoms with Crippen LogP contribution in [0.4, 0.5) is 11.6 Å². The first kappa shape index (κ1) is 20.4. The number of carbonyl (C=O) groups is 1. The minimum atomic E-state index is -0.0823. The maximum Gasteiger partial charge on any atom is 0.227 e. The number of nitrogens with zero attached hydrogens (tertiary/aromatic N) is 3. The molecule has 3 aromatic rings. The molecule has 0 fully saturated rings. The molecule has 0 saturated carbocycles. The van der Waals surface area contributed by atoms with Gasteiger partial charge in [-0.3, -0.25) is 4.79 Å². The topological polar surface area (TPSA) is 78.4 Å². The minimum Gasteiger partial charge on any atom is -0.507 e. The lowest BCUT2D eigenvalue weighted by molar-refractivity contribution is 0.0975. The number of phenolic OH excluding ortho intramolecular Hbond substituents is 1. The van der Waals surface area contributed by atoms with Crippen LogP contribution in [0.25, 0.3) is 10.6 Å². The van der Waals surface area contributed by atoms with Crippen LogP contribution in [0.5, 0.6) is 5.75 Å². The predicted octanol–water partition coefficient (Wildman–Crippen LogP) is 4.94. The number of nitrogens with one attached hydrogen (secondary N) is 1. The number of aromatic hydroxyl groups is 1. The molecular weight excluding hydrogens is 440 g/mol. The quantitative estimate of drug-likeness (QED) is 0.366. The SMILES string of the molecule is CN(C)CCCC(=O)c1cc(Nc2nccc(-c3ccc(Br)s3)n2)ccc1O.